The molecule has 1 fully saturated rings. The molecule has 114 valence electrons. The Hall–Kier alpha value is -3.20. The smallest absolute Gasteiger partial charge is 0.272 e. The third kappa shape index (κ3) is 3.27. The van der Waals surface area contributed by atoms with Crippen molar-refractivity contribution in [1.82, 2.24) is 0 Å². The quantitative estimate of drug-likeness (QED) is 0.290. The molecule has 0 amide bonds. The van der Waals surface area contributed by atoms with E-state index < -0.39 is 15.5 Å². The highest BCUT2D eigenvalue weighted by Gasteiger charge is 2.23. The van der Waals surface area contributed by atoms with Crippen molar-refractivity contribution in [2.75, 3.05) is 5.43 Å². The highest BCUT2D eigenvalue weighted by atomic mass is 16.6. The Morgan fingerprint density at radius 3 is 2.73 bits per heavy atom. The number of rotatable bonds is 5. The molecule has 22 heavy (non-hydrogen) atoms. The van der Waals surface area contributed by atoms with Gasteiger partial charge in [-0.05, 0) is 30.9 Å². The molecule has 1 N–H and O–H groups in total. The van der Waals surface area contributed by atoms with Gasteiger partial charge in [0, 0.05) is 16.7 Å². The van der Waals surface area contributed by atoms with Gasteiger partial charge in [-0.2, -0.15) is 5.10 Å². The van der Waals surface area contributed by atoms with Crippen molar-refractivity contribution in [2.45, 2.75) is 25.3 Å². The van der Waals surface area contributed by atoms with Gasteiger partial charge in [0.15, 0.2) is 0 Å². The molecule has 1 saturated carbocycles. The first-order valence-electron chi connectivity index (χ1n) is 6.32. The highest BCUT2D eigenvalue weighted by molar-refractivity contribution is 5.92. The van der Waals surface area contributed by atoms with Crippen LogP contribution >= 0.6 is 0 Å². The van der Waals surface area contributed by atoms with Gasteiger partial charge in [-0.1, -0.05) is 5.11 Å². The molecule has 0 saturated heterocycles. The Kier molecular flexibility index (Phi) is 4.49. The molecule has 1 aromatic carbocycles. The van der Waals surface area contributed by atoms with Crippen LogP contribution in [-0.2, 0) is 0 Å². The second-order valence-corrected chi connectivity index (χ2v) is 4.54. The van der Waals surface area contributed by atoms with Crippen LogP contribution in [-0.4, -0.2) is 21.6 Å². The van der Waals surface area contributed by atoms with Gasteiger partial charge in [0.05, 0.1) is 22.0 Å². The molecule has 1 atom stereocenters. The van der Waals surface area contributed by atoms with Crippen LogP contribution in [0.5, 0.6) is 0 Å². The third-order valence-corrected chi connectivity index (χ3v) is 3.19. The Morgan fingerprint density at radius 1 is 1.32 bits per heavy atom. The van der Waals surface area contributed by atoms with Gasteiger partial charge in [-0.25, -0.2) is 0 Å². The Bertz CT molecular complexity index is 696. The fourth-order valence-electron chi connectivity index (χ4n) is 2.14. The number of hydrogen-bond donors (Lipinski definition) is 1. The number of nitrogens with zero attached hydrogens (tertiary/aromatic N) is 6. The molecule has 0 aromatic heterocycles. The largest absolute Gasteiger partial charge is 0.301 e. The van der Waals surface area contributed by atoms with Gasteiger partial charge in [0.1, 0.15) is 5.69 Å². The zero-order valence-electron chi connectivity index (χ0n) is 11.2. The van der Waals surface area contributed by atoms with E-state index in [4.69, 9.17) is 5.53 Å². The summed E-state index contributed by atoms with van der Waals surface area (Å²) in [5.74, 6) is 0. The lowest BCUT2D eigenvalue weighted by Gasteiger charge is -2.06. The number of anilines is 1. The first-order valence-corrected chi connectivity index (χ1v) is 6.32. The maximum Gasteiger partial charge on any atom is 0.301 e. The first kappa shape index (κ1) is 15.2. The fourth-order valence-corrected chi connectivity index (χ4v) is 2.14. The Balaban J connectivity index is 2.27. The van der Waals surface area contributed by atoms with Crippen LogP contribution in [0.15, 0.2) is 28.4 Å². The number of nitro benzene ring substituents is 2. The standard InChI is InChI=1S/C11H11N7O4/c12-16-15-9-3-1-2-8(9)13-14-10-5-4-7(17(19)20)6-11(10)18(21)22/h4-6,9,14H,1-3H2. The van der Waals surface area contributed by atoms with Crippen LogP contribution in [0.2, 0.25) is 0 Å². The van der Waals surface area contributed by atoms with Crippen LogP contribution in [0.1, 0.15) is 19.3 Å². The summed E-state index contributed by atoms with van der Waals surface area (Å²) in [6, 6.07) is 2.87. The molecule has 0 spiro atoms. The zero-order chi connectivity index (χ0) is 16.1. The molecule has 11 heteroatoms. The Labute approximate surface area is 123 Å². The van der Waals surface area contributed by atoms with E-state index in [1.807, 2.05) is 0 Å². The third-order valence-electron chi connectivity index (χ3n) is 3.19. The number of benzene rings is 1. The van der Waals surface area contributed by atoms with Gasteiger partial charge in [0.25, 0.3) is 5.69 Å². The zero-order valence-corrected chi connectivity index (χ0v) is 11.2. The minimum absolute atomic E-state index is 0.0367. The van der Waals surface area contributed by atoms with Crippen molar-refractivity contribution >= 4 is 22.8 Å². The summed E-state index contributed by atoms with van der Waals surface area (Å²) < 4.78 is 0. The van der Waals surface area contributed by atoms with Crippen molar-refractivity contribution in [3.8, 4) is 0 Å². The maximum atomic E-state index is 11.0. The number of nitrogens with one attached hydrogen (secondary N) is 1. The molecule has 11 nitrogen and oxygen atoms in total. The molecule has 2 rings (SSSR count). The predicted octanol–water partition coefficient (Wildman–Crippen LogP) is 3.13. The van der Waals surface area contributed by atoms with E-state index >= 15 is 0 Å². The summed E-state index contributed by atoms with van der Waals surface area (Å²) >= 11 is 0. The van der Waals surface area contributed by atoms with Crippen LogP contribution in [0.3, 0.4) is 0 Å². The monoisotopic (exact) mass is 305 g/mol. The number of azide groups is 1. The van der Waals surface area contributed by atoms with Crippen LogP contribution in [0, 0.1) is 20.2 Å². The van der Waals surface area contributed by atoms with Gasteiger partial charge in [-0.15, -0.1) is 0 Å². The average molecular weight is 305 g/mol. The summed E-state index contributed by atoms with van der Waals surface area (Å²) in [5.41, 5.74) is 10.8. The molecular weight excluding hydrogens is 294 g/mol. The summed E-state index contributed by atoms with van der Waals surface area (Å²) in [4.78, 5) is 22.9. The van der Waals surface area contributed by atoms with Gasteiger partial charge >= 0.3 is 5.69 Å². The molecule has 1 aromatic rings. The summed E-state index contributed by atoms with van der Waals surface area (Å²) in [6.07, 6.45) is 2.11. The predicted molar refractivity (Wildman–Crippen MR) is 77.6 cm³/mol. The van der Waals surface area contributed by atoms with Gasteiger partial charge in [0.2, 0.25) is 0 Å². The van der Waals surface area contributed by atoms with Gasteiger partial charge < -0.3 is 0 Å². The molecular formula is C11H11N7O4. The minimum atomic E-state index is -0.727. The number of hydrazone groups is 1. The molecule has 0 aliphatic heterocycles. The second kappa shape index (κ2) is 6.50. The highest BCUT2D eigenvalue weighted by Crippen LogP contribution is 2.29. The molecule has 1 aliphatic rings. The van der Waals surface area contributed by atoms with Crippen LogP contribution in [0.25, 0.3) is 10.4 Å². The van der Waals surface area contributed by atoms with Crippen LogP contribution in [0.4, 0.5) is 17.1 Å². The van der Waals surface area contributed by atoms with E-state index in [0.29, 0.717) is 18.6 Å². The summed E-state index contributed by atoms with van der Waals surface area (Å²) in [5, 5.41) is 29.3. The van der Waals surface area contributed by atoms with Crippen molar-refractivity contribution in [3.63, 3.8) is 0 Å². The summed E-state index contributed by atoms with van der Waals surface area (Å²) in [7, 11) is 0. The second-order valence-electron chi connectivity index (χ2n) is 4.54. The first-order chi connectivity index (χ1) is 10.5. The van der Waals surface area contributed by atoms with Crippen molar-refractivity contribution < 1.29 is 9.85 Å². The van der Waals surface area contributed by atoms with E-state index in [9.17, 15) is 20.2 Å². The summed E-state index contributed by atoms with van der Waals surface area (Å²) in [6.45, 7) is 0. The van der Waals surface area contributed by atoms with E-state index in [2.05, 4.69) is 20.6 Å². The van der Waals surface area contributed by atoms with Crippen LogP contribution < -0.4 is 5.43 Å². The lowest BCUT2D eigenvalue weighted by molar-refractivity contribution is -0.393. The molecule has 1 unspecified atom stereocenters. The fraction of sp³-hybridized carbons (Fsp3) is 0.364. The number of non-ortho nitro benzene ring substituents is 1. The van der Waals surface area contributed by atoms with E-state index in [1.165, 1.54) is 6.07 Å². The SMILES string of the molecule is [N-]=[N+]=NC1CCCC1=NNc1ccc([N+](=O)[O-])cc1[N+](=O)[O-]. The topological polar surface area (TPSA) is 159 Å². The van der Waals surface area contributed by atoms with E-state index in [1.54, 1.807) is 0 Å². The molecule has 0 radical (unpaired) electrons. The minimum Gasteiger partial charge on any atom is -0.272 e. The number of hydrogen-bond acceptors (Lipinski definition) is 7. The molecule has 0 bridgehead atoms. The maximum absolute atomic E-state index is 11.0. The van der Waals surface area contributed by atoms with Crippen molar-refractivity contribution in [2.24, 2.45) is 10.2 Å². The van der Waals surface area contributed by atoms with E-state index in [-0.39, 0.29) is 17.4 Å². The average Bonchev–Trinajstić information content (AvgIpc) is 2.92. The van der Waals surface area contributed by atoms with E-state index in [0.717, 1.165) is 18.6 Å². The molecule has 0 heterocycles. The normalized spacial score (nSPS) is 18.7. The Morgan fingerprint density at radius 2 is 2.09 bits per heavy atom. The lowest BCUT2D eigenvalue weighted by Crippen LogP contribution is -2.12. The van der Waals surface area contributed by atoms with Gasteiger partial charge in [-0.3, -0.25) is 25.7 Å². The van der Waals surface area contributed by atoms with Crippen molar-refractivity contribution in [3.05, 3.63) is 48.9 Å². The molecule has 1 aliphatic carbocycles. The van der Waals surface area contributed by atoms with Crippen molar-refractivity contribution in [1.29, 1.82) is 0 Å². The number of nitro groups is 2. The lowest BCUT2D eigenvalue weighted by atomic mass is 10.2.